The topological polar surface area (TPSA) is 65.2 Å². The molecule has 3 rings (SSSR count). The van der Waals surface area contributed by atoms with Gasteiger partial charge in [0.05, 0.1) is 10.4 Å². The Balaban J connectivity index is 1.60. The summed E-state index contributed by atoms with van der Waals surface area (Å²) in [6.07, 6.45) is 0. The Morgan fingerprint density at radius 2 is 2.04 bits per heavy atom. The van der Waals surface area contributed by atoms with Crippen LogP contribution in [0.25, 0.3) is 10.7 Å². The van der Waals surface area contributed by atoms with Crippen LogP contribution in [0.15, 0.2) is 46.3 Å². The third-order valence-corrected chi connectivity index (χ3v) is 4.22. The van der Waals surface area contributed by atoms with Crippen molar-refractivity contribution in [2.24, 2.45) is 0 Å². The molecular formula is C17H16N2O3S. The fourth-order valence-electron chi connectivity index (χ4n) is 2.03. The second-order valence-corrected chi connectivity index (χ2v) is 6.29. The number of nitrogens with zero attached hydrogens (tertiary/aromatic N) is 2. The van der Waals surface area contributed by atoms with Crippen LogP contribution in [0.5, 0.6) is 0 Å². The highest BCUT2D eigenvalue weighted by molar-refractivity contribution is 7.13. The first-order valence-corrected chi connectivity index (χ1v) is 8.15. The molecule has 5 nitrogen and oxygen atoms in total. The third kappa shape index (κ3) is 3.65. The molecule has 0 bridgehead atoms. The molecular weight excluding hydrogens is 312 g/mol. The first kappa shape index (κ1) is 15.4. The van der Waals surface area contributed by atoms with E-state index >= 15 is 0 Å². The van der Waals surface area contributed by atoms with Crippen molar-refractivity contribution in [2.45, 2.75) is 26.4 Å². The second-order valence-electron chi connectivity index (χ2n) is 5.34. The summed E-state index contributed by atoms with van der Waals surface area (Å²) in [7, 11) is 0. The van der Waals surface area contributed by atoms with Crippen LogP contribution in [0.1, 0.15) is 41.6 Å². The summed E-state index contributed by atoms with van der Waals surface area (Å²) in [5.74, 6) is 0.804. The molecule has 0 saturated carbocycles. The summed E-state index contributed by atoms with van der Waals surface area (Å²) in [5.41, 5.74) is 1.69. The van der Waals surface area contributed by atoms with Crippen molar-refractivity contribution >= 4 is 17.3 Å². The zero-order chi connectivity index (χ0) is 16.2. The lowest BCUT2D eigenvalue weighted by Gasteiger charge is -2.06. The van der Waals surface area contributed by atoms with Gasteiger partial charge < -0.3 is 9.26 Å². The molecule has 0 amide bonds. The first-order chi connectivity index (χ1) is 11.1. The third-order valence-electron chi connectivity index (χ3n) is 3.35. The van der Waals surface area contributed by atoms with E-state index in [0.29, 0.717) is 17.3 Å². The largest absolute Gasteiger partial charge is 0.452 e. The quantitative estimate of drug-likeness (QED) is 0.654. The maximum absolute atomic E-state index is 12.0. The van der Waals surface area contributed by atoms with Crippen molar-refractivity contribution < 1.29 is 14.1 Å². The Morgan fingerprint density at radius 3 is 2.70 bits per heavy atom. The van der Waals surface area contributed by atoms with Gasteiger partial charge in [-0.3, -0.25) is 0 Å². The smallest absolute Gasteiger partial charge is 0.338 e. The van der Waals surface area contributed by atoms with Gasteiger partial charge in [0.1, 0.15) is 0 Å². The molecule has 0 aliphatic carbocycles. The minimum absolute atomic E-state index is 0.0386. The van der Waals surface area contributed by atoms with Gasteiger partial charge in [-0.2, -0.15) is 4.98 Å². The highest BCUT2D eigenvalue weighted by Crippen LogP contribution is 2.21. The van der Waals surface area contributed by atoms with Crippen LogP contribution >= 0.6 is 11.3 Å². The fraction of sp³-hybridized carbons (Fsp3) is 0.235. The number of rotatable bonds is 5. The van der Waals surface area contributed by atoms with E-state index in [-0.39, 0.29) is 12.5 Å². The molecule has 3 aromatic rings. The number of carbonyl (C=O) groups is 1. The monoisotopic (exact) mass is 328 g/mol. The summed E-state index contributed by atoms with van der Waals surface area (Å²) in [4.78, 5) is 17.1. The van der Waals surface area contributed by atoms with E-state index in [2.05, 4.69) is 24.0 Å². The lowest BCUT2D eigenvalue weighted by Crippen LogP contribution is -2.05. The van der Waals surface area contributed by atoms with Gasteiger partial charge in [0.25, 0.3) is 5.89 Å². The van der Waals surface area contributed by atoms with E-state index < -0.39 is 5.97 Å². The van der Waals surface area contributed by atoms with Crippen LogP contribution in [0, 0.1) is 0 Å². The zero-order valence-corrected chi connectivity index (χ0v) is 13.7. The molecule has 0 spiro atoms. The van der Waals surface area contributed by atoms with Crippen molar-refractivity contribution in [1.82, 2.24) is 10.1 Å². The van der Waals surface area contributed by atoms with Gasteiger partial charge in [-0.1, -0.05) is 37.2 Å². The van der Waals surface area contributed by atoms with Gasteiger partial charge in [-0.15, -0.1) is 11.3 Å². The van der Waals surface area contributed by atoms with E-state index in [0.717, 1.165) is 4.88 Å². The summed E-state index contributed by atoms with van der Waals surface area (Å²) in [5, 5.41) is 5.81. The molecule has 1 aromatic carbocycles. The van der Waals surface area contributed by atoms with Crippen LogP contribution in [-0.4, -0.2) is 16.1 Å². The number of ether oxygens (including phenoxy) is 1. The van der Waals surface area contributed by atoms with Crippen LogP contribution < -0.4 is 0 Å². The normalized spacial score (nSPS) is 10.9. The Morgan fingerprint density at radius 1 is 1.26 bits per heavy atom. The van der Waals surface area contributed by atoms with E-state index in [4.69, 9.17) is 9.26 Å². The van der Waals surface area contributed by atoms with Crippen LogP contribution in [0.3, 0.4) is 0 Å². The van der Waals surface area contributed by atoms with Gasteiger partial charge in [0, 0.05) is 0 Å². The molecule has 2 aromatic heterocycles. The molecule has 2 heterocycles. The number of hydrogen-bond donors (Lipinski definition) is 0. The van der Waals surface area contributed by atoms with Gasteiger partial charge in [-0.25, -0.2) is 4.79 Å². The maximum atomic E-state index is 12.0. The van der Waals surface area contributed by atoms with Gasteiger partial charge in [0.2, 0.25) is 5.82 Å². The number of esters is 1. The molecule has 118 valence electrons. The summed E-state index contributed by atoms with van der Waals surface area (Å²) < 4.78 is 10.3. The molecule has 0 N–H and O–H groups in total. The highest BCUT2D eigenvalue weighted by Gasteiger charge is 2.13. The predicted octanol–water partition coefficient (Wildman–Crippen LogP) is 4.28. The lowest BCUT2D eigenvalue weighted by atomic mass is 10.0. The molecule has 0 radical (unpaired) electrons. The maximum Gasteiger partial charge on any atom is 0.338 e. The van der Waals surface area contributed by atoms with E-state index in [9.17, 15) is 4.79 Å². The SMILES string of the molecule is CC(C)c1ccc(C(=O)OCc2nc(-c3cccs3)no2)cc1. The molecule has 0 saturated heterocycles. The predicted molar refractivity (Wildman–Crippen MR) is 87.3 cm³/mol. The van der Waals surface area contributed by atoms with E-state index in [1.807, 2.05) is 29.6 Å². The van der Waals surface area contributed by atoms with Gasteiger partial charge in [0.15, 0.2) is 6.61 Å². The standard InChI is InChI=1S/C17H16N2O3S/c1-11(2)12-5-7-13(8-6-12)17(20)21-10-15-18-16(19-22-15)14-4-3-9-23-14/h3-9,11H,10H2,1-2H3. The van der Waals surface area contributed by atoms with Gasteiger partial charge >= 0.3 is 5.97 Å². The van der Waals surface area contributed by atoms with E-state index in [1.165, 1.54) is 16.9 Å². The minimum Gasteiger partial charge on any atom is -0.452 e. The average molecular weight is 328 g/mol. The Labute approximate surface area is 137 Å². The number of hydrogen-bond acceptors (Lipinski definition) is 6. The molecule has 0 aliphatic heterocycles. The van der Waals surface area contributed by atoms with Crippen LogP contribution in [0.4, 0.5) is 0 Å². The number of carbonyl (C=O) groups excluding carboxylic acids is 1. The van der Waals surface area contributed by atoms with Crippen molar-refractivity contribution in [1.29, 1.82) is 0 Å². The number of aromatic nitrogens is 2. The lowest BCUT2D eigenvalue weighted by molar-refractivity contribution is 0.0430. The number of benzene rings is 1. The summed E-state index contributed by atoms with van der Waals surface area (Å²) in [6, 6.07) is 11.2. The second kappa shape index (κ2) is 6.75. The Kier molecular flexibility index (Phi) is 4.52. The van der Waals surface area contributed by atoms with Crippen molar-refractivity contribution in [3.8, 4) is 10.7 Å². The van der Waals surface area contributed by atoms with Crippen molar-refractivity contribution in [3.63, 3.8) is 0 Å². The van der Waals surface area contributed by atoms with Crippen LogP contribution in [0.2, 0.25) is 0 Å². The molecule has 0 aliphatic rings. The van der Waals surface area contributed by atoms with Gasteiger partial charge in [-0.05, 0) is 35.1 Å². The molecule has 23 heavy (non-hydrogen) atoms. The molecule has 0 unspecified atom stereocenters. The Bertz CT molecular complexity index is 777. The summed E-state index contributed by atoms with van der Waals surface area (Å²) in [6.45, 7) is 4.17. The minimum atomic E-state index is -0.406. The first-order valence-electron chi connectivity index (χ1n) is 7.27. The average Bonchev–Trinajstić information content (AvgIpc) is 3.23. The zero-order valence-electron chi connectivity index (χ0n) is 12.9. The fourth-order valence-corrected chi connectivity index (χ4v) is 2.68. The van der Waals surface area contributed by atoms with Crippen LogP contribution in [-0.2, 0) is 11.3 Å². The van der Waals surface area contributed by atoms with Crippen molar-refractivity contribution in [2.75, 3.05) is 0 Å². The van der Waals surface area contributed by atoms with E-state index in [1.54, 1.807) is 12.1 Å². The molecule has 6 heteroatoms. The molecule has 0 atom stereocenters. The summed E-state index contributed by atoms with van der Waals surface area (Å²) >= 11 is 1.52. The Hall–Kier alpha value is -2.47. The number of thiophene rings is 1. The highest BCUT2D eigenvalue weighted by atomic mass is 32.1. The van der Waals surface area contributed by atoms with Crippen molar-refractivity contribution in [3.05, 3.63) is 58.8 Å². The molecule has 0 fully saturated rings.